The number of hydrogen-bond acceptors (Lipinski definition) is 1. The summed E-state index contributed by atoms with van der Waals surface area (Å²) in [5, 5.41) is 0.674. The van der Waals surface area contributed by atoms with Crippen molar-refractivity contribution in [1.29, 1.82) is 0 Å². The zero-order valence-corrected chi connectivity index (χ0v) is 13.3. The van der Waals surface area contributed by atoms with Gasteiger partial charge < -0.3 is 4.90 Å². The van der Waals surface area contributed by atoms with E-state index in [2.05, 4.69) is 18.2 Å². The summed E-state index contributed by atoms with van der Waals surface area (Å²) in [4.78, 5) is 14.2. The Balaban J connectivity index is 1.73. The molecule has 0 bridgehead atoms. The average molecular weight is 312 g/mol. The summed E-state index contributed by atoms with van der Waals surface area (Å²) in [5.41, 5.74) is 3.56. The van der Waals surface area contributed by atoms with Crippen molar-refractivity contribution in [2.45, 2.75) is 18.9 Å². The van der Waals surface area contributed by atoms with E-state index in [9.17, 15) is 4.79 Å². The molecule has 1 amide bonds. The lowest BCUT2D eigenvalue weighted by atomic mass is 10.1. The van der Waals surface area contributed by atoms with E-state index in [0.717, 1.165) is 18.4 Å². The highest BCUT2D eigenvalue weighted by molar-refractivity contribution is 6.30. The van der Waals surface area contributed by atoms with Crippen molar-refractivity contribution in [3.05, 3.63) is 76.3 Å². The van der Waals surface area contributed by atoms with E-state index in [1.165, 1.54) is 11.1 Å². The fourth-order valence-electron chi connectivity index (χ4n) is 2.99. The normalized spacial score (nSPS) is 16.7. The standard InChI is InChI=1S/C19H18ClNO/c1-21(18-11-10-15-6-2-3-8-17(15)18)19(22)12-9-14-5-4-7-16(20)13-14/h2-9,12-13,18H,10-11H2,1H3/b12-9+. The third kappa shape index (κ3) is 3.07. The highest BCUT2D eigenvalue weighted by Crippen LogP contribution is 2.34. The maximum absolute atomic E-state index is 12.4. The molecular formula is C19H18ClNO. The zero-order chi connectivity index (χ0) is 15.5. The summed E-state index contributed by atoms with van der Waals surface area (Å²) in [7, 11) is 1.87. The van der Waals surface area contributed by atoms with Gasteiger partial charge in [0.1, 0.15) is 0 Å². The number of carbonyl (C=O) groups excluding carboxylic acids is 1. The Morgan fingerprint density at radius 3 is 2.86 bits per heavy atom. The summed E-state index contributed by atoms with van der Waals surface area (Å²) in [6, 6.07) is 16.0. The van der Waals surface area contributed by atoms with Crippen molar-refractivity contribution < 1.29 is 4.79 Å². The summed E-state index contributed by atoms with van der Waals surface area (Å²) in [5.74, 6) is 0.0154. The largest absolute Gasteiger partial charge is 0.335 e. The predicted molar refractivity (Wildman–Crippen MR) is 90.8 cm³/mol. The number of fused-ring (bicyclic) bond motifs is 1. The van der Waals surface area contributed by atoms with Crippen molar-refractivity contribution >= 4 is 23.6 Å². The maximum Gasteiger partial charge on any atom is 0.246 e. The smallest absolute Gasteiger partial charge is 0.246 e. The zero-order valence-electron chi connectivity index (χ0n) is 12.5. The third-order valence-electron chi connectivity index (χ3n) is 4.18. The van der Waals surface area contributed by atoms with Gasteiger partial charge in [-0.05, 0) is 47.7 Å². The van der Waals surface area contributed by atoms with Crippen molar-refractivity contribution in [2.75, 3.05) is 7.05 Å². The van der Waals surface area contributed by atoms with Gasteiger partial charge in [0.05, 0.1) is 6.04 Å². The molecule has 1 aliphatic carbocycles. The molecule has 22 heavy (non-hydrogen) atoms. The van der Waals surface area contributed by atoms with Gasteiger partial charge >= 0.3 is 0 Å². The van der Waals surface area contributed by atoms with Crippen molar-refractivity contribution in [3.63, 3.8) is 0 Å². The Labute approximate surface area is 136 Å². The molecule has 112 valence electrons. The molecule has 0 radical (unpaired) electrons. The van der Waals surface area contributed by atoms with Gasteiger partial charge in [0.15, 0.2) is 0 Å². The quantitative estimate of drug-likeness (QED) is 0.764. The van der Waals surface area contributed by atoms with Gasteiger partial charge in [0.25, 0.3) is 0 Å². The van der Waals surface area contributed by atoms with Crippen LogP contribution in [0.2, 0.25) is 5.02 Å². The van der Waals surface area contributed by atoms with E-state index < -0.39 is 0 Å². The molecule has 0 spiro atoms. The van der Waals surface area contributed by atoms with Crippen molar-refractivity contribution in [1.82, 2.24) is 4.90 Å². The van der Waals surface area contributed by atoms with Gasteiger partial charge in [-0.3, -0.25) is 4.79 Å². The highest BCUT2D eigenvalue weighted by Gasteiger charge is 2.27. The van der Waals surface area contributed by atoms with Crippen molar-refractivity contribution in [2.24, 2.45) is 0 Å². The second-order valence-electron chi connectivity index (χ2n) is 5.59. The van der Waals surface area contributed by atoms with Crippen LogP contribution in [0.3, 0.4) is 0 Å². The maximum atomic E-state index is 12.4. The fourth-order valence-corrected chi connectivity index (χ4v) is 3.18. The number of hydrogen-bond donors (Lipinski definition) is 0. The lowest BCUT2D eigenvalue weighted by Crippen LogP contribution is -2.28. The molecule has 3 rings (SSSR count). The molecule has 0 saturated carbocycles. The third-order valence-corrected chi connectivity index (χ3v) is 4.42. The summed E-state index contributed by atoms with van der Waals surface area (Å²) < 4.78 is 0. The van der Waals surface area contributed by atoms with Crippen LogP contribution in [0.1, 0.15) is 29.2 Å². The van der Waals surface area contributed by atoms with Crippen LogP contribution in [0.5, 0.6) is 0 Å². The monoisotopic (exact) mass is 311 g/mol. The molecule has 2 nitrogen and oxygen atoms in total. The first-order chi connectivity index (χ1) is 10.6. The second-order valence-corrected chi connectivity index (χ2v) is 6.03. The Morgan fingerprint density at radius 2 is 2.05 bits per heavy atom. The molecule has 1 unspecified atom stereocenters. The number of aryl methyl sites for hydroxylation is 1. The van der Waals surface area contributed by atoms with Crippen LogP contribution in [0.4, 0.5) is 0 Å². The Kier molecular flexibility index (Phi) is 4.30. The number of halogens is 1. The lowest BCUT2D eigenvalue weighted by Gasteiger charge is -2.24. The van der Waals surface area contributed by atoms with Gasteiger partial charge in [-0.25, -0.2) is 0 Å². The van der Waals surface area contributed by atoms with Crippen LogP contribution in [-0.2, 0) is 11.2 Å². The van der Waals surface area contributed by atoms with Crippen LogP contribution in [0.25, 0.3) is 6.08 Å². The van der Waals surface area contributed by atoms with E-state index in [0.29, 0.717) is 5.02 Å². The number of rotatable bonds is 3. The summed E-state index contributed by atoms with van der Waals surface area (Å²) >= 11 is 5.95. The minimum Gasteiger partial charge on any atom is -0.335 e. The lowest BCUT2D eigenvalue weighted by molar-refractivity contribution is -0.126. The Bertz CT molecular complexity index is 723. The Hall–Kier alpha value is -2.06. The number of carbonyl (C=O) groups is 1. The van der Waals surface area contributed by atoms with E-state index in [1.54, 1.807) is 6.08 Å². The van der Waals surface area contributed by atoms with Gasteiger partial charge in [-0.2, -0.15) is 0 Å². The highest BCUT2D eigenvalue weighted by atomic mass is 35.5. The number of benzene rings is 2. The number of nitrogens with zero attached hydrogens (tertiary/aromatic N) is 1. The van der Waals surface area contributed by atoms with E-state index in [1.807, 2.05) is 48.4 Å². The summed E-state index contributed by atoms with van der Waals surface area (Å²) in [6.45, 7) is 0. The van der Waals surface area contributed by atoms with Crippen LogP contribution in [-0.4, -0.2) is 17.9 Å². The number of likely N-dealkylation sites (N-methyl/N-ethyl adjacent to an activating group) is 1. The molecule has 0 aliphatic heterocycles. The van der Waals surface area contributed by atoms with Crippen LogP contribution in [0.15, 0.2) is 54.6 Å². The Morgan fingerprint density at radius 1 is 1.23 bits per heavy atom. The van der Waals surface area contributed by atoms with E-state index in [4.69, 9.17) is 11.6 Å². The van der Waals surface area contributed by atoms with Crippen LogP contribution < -0.4 is 0 Å². The first-order valence-corrected chi connectivity index (χ1v) is 7.81. The molecule has 0 aromatic heterocycles. The van der Waals surface area contributed by atoms with Crippen LogP contribution in [0, 0.1) is 0 Å². The molecule has 2 aromatic carbocycles. The molecule has 3 heteroatoms. The topological polar surface area (TPSA) is 20.3 Å². The van der Waals surface area contributed by atoms with Gasteiger partial charge in [-0.15, -0.1) is 0 Å². The summed E-state index contributed by atoms with van der Waals surface area (Å²) in [6.07, 6.45) is 5.46. The molecule has 1 aliphatic rings. The fraction of sp³-hybridized carbons (Fsp3) is 0.211. The average Bonchev–Trinajstić information content (AvgIpc) is 2.96. The SMILES string of the molecule is CN(C(=O)/C=C/c1cccc(Cl)c1)C1CCc2ccccc21. The molecule has 1 atom stereocenters. The molecule has 2 aromatic rings. The first kappa shape index (κ1) is 14.9. The second kappa shape index (κ2) is 6.37. The molecule has 0 N–H and O–H groups in total. The van der Waals surface area contributed by atoms with E-state index in [-0.39, 0.29) is 11.9 Å². The van der Waals surface area contributed by atoms with Crippen molar-refractivity contribution in [3.8, 4) is 0 Å². The van der Waals surface area contributed by atoms with Gasteiger partial charge in [-0.1, -0.05) is 48.0 Å². The molecular weight excluding hydrogens is 294 g/mol. The number of amides is 1. The van der Waals surface area contributed by atoms with Gasteiger partial charge in [0.2, 0.25) is 5.91 Å². The predicted octanol–water partition coefficient (Wildman–Crippen LogP) is 4.50. The molecule has 0 saturated heterocycles. The minimum atomic E-state index is 0.0154. The molecule has 0 heterocycles. The van der Waals surface area contributed by atoms with Gasteiger partial charge in [0, 0.05) is 18.1 Å². The first-order valence-electron chi connectivity index (χ1n) is 7.43. The minimum absolute atomic E-state index is 0.0154. The molecule has 0 fully saturated rings. The van der Waals surface area contributed by atoms with Crippen LogP contribution >= 0.6 is 11.6 Å². The van der Waals surface area contributed by atoms with E-state index >= 15 is 0 Å².